The zero-order chi connectivity index (χ0) is 13.4. The molecule has 1 N–H and O–H groups in total. The normalized spacial score (nSPS) is 18.4. The molecule has 6 heteroatoms. The molecule has 0 bridgehead atoms. The highest BCUT2D eigenvalue weighted by Gasteiger charge is 2.26. The fraction of sp³-hybridized carbons (Fsp3) is 1.00. The highest BCUT2D eigenvalue weighted by atomic mass is 32.2. The third kappa shape index (κ3) is 5.22. The lowest BCUT2D eigenvalue weighted by Gasteiger charge is -2.30. The minimum absolute atomic E-state index is 0.170. The van der Waals surface area contributed by atoms with Gasteiger partial charge in [-0.2, -0.15) is 12.7 Å². The van der Waals surface area contributed by atoms with Crippen LogP contribution in [0.1, 0.15) is 45.4 Å². The van der Waals surface area contributed by atoms with Gasteiger partial charge in [-0.1, -0.05) is 19.3 Å². The summed E-state index contributed by atoms with van der Waals surface area (Å²) in [5.41, 5.74) is 0. The van der Waals surface area contributed by atoms with Crippen molar-refractivity contribution < 1.29 is 13.2 Å². The standard InChI is InChI=1S/C12H26N2O3S/c1-3-17-11-7-10-13-18(15,16)14(2)12-8-5-4-6-9-12/h12-13H,3-11H2,1-2H3. The summed E-state index contributed by atoms with van der Waals surface area (Å²) in [4.78, 5) is 0. The van der Waals surface area contributed by atoms with E-state index in [1.165, 1.54) is 10.7 Å². The lowest BCUT2D eigenvalue weighted by Crippen LogP contribution is -2.45. The van der Waals surface area contributed by atoms with E-state index >= 15 is 0 Å². The van der Waals surface area contributed by atoms with Crippen LogP contribution in [-0.4, -0.2) is 45.6 Å². The Morgan fingerprint density at radius 1 is 1.28 bits per heavy atom. The van der Waals surface area contributed by atoms with Gasteiger partial charge in [0.2, 0.25) is 0 Å². The third-order valence-electron chi connectivity index (χ3n) is 3.42. The maximum absolute atomic E-state index is 12.0. The van der Waals surface area contributed by atoms with Gasteiger partial charge < -0.3 is 4.74 Å². The van der Waals surface area contributed by atoms with Crippen LogP contribution in [0.25, 0.3) is 0 Å². The molecule has 0 heterocycles. The average molecular weight is 278 g/mol. The van der Waals surface area contributed by atoms with Crippen molar-refractivity contribution in [2.24, 2.45) is 0 Å². The Bertz CT molecular complexity index is 313. The number of hydrogen-bond donors (Lipinski definition) is 1. The number of hydrogen-bond acceptors (Lipinski definition) is 3. The van der Waals surface area contributed by atoms with Crippen molar-refractivity contribution in [1.82, 2.24) is 9.03 Å². The second-order valence-electron chi connectivity index (χ2n) is 4.76. The summed E-state index contributed by atoms with van der Waals surface area (Å²) in [5, 5.41) is 0. The molecule has 0 unspecified atom stereocenters. The first-order valence-electron chi connectivity index (χ1n) is 6.88. The zero-order valence-electron chi connectivity index (χ0n) is 11.5. The molecule has 0 aromatic heterocycles. The molecule has 0 radical (unpaired) electrons. The largest absolute Gasteiger partial charge is 0.382 e. The van der Waals surface area contributed by atoms with Crippen molar-refractivity contribution in [2.45, 2.75) is 51.5 Å². The van der Waals surface area contributed by atoms with Gasteiger partial charge in [-0.25, -0.2) is 4.72 Å². The molecule has 5 nitrogen and oxygen atoms in total. The molecule has 1 aliphatic carbocycles. The van der Waals surface area contributed by atoms with Gasteiger partial charge in [0.25, 0.3) is 10.2 Å². The van der Waals surface area contributed by atoms with Crippen molar-refractivity contribution in [3.05, 3.63) is 0 Å². The second-order valence-corrected chi connectivity index (χ2v) is 6.57. The van der Waals surface area contributed by atoms with Gasteiger partial charge >= 0.3 is 0 Å². The Balaban J connectivity index is 2.32. The zero-order valence-corrected chi connectivity index (χ0v) is 12.3. The summed E-state index contributed by atoms with van der Waals surface area (Å²) in [7, 11) is -1.64. The fourth-order valence-corrected chi connectivity index (χ4v) is 3.47. The fourth-order valence-electron chi connectivity index (χ4n) is 2.26. The van der Waals surface area contributed by atoms with E-state index < -0.39 is 10.2 Å². The Labute approximate surface area is 111 Å². The van der Waals surface area contributed by atoms with E-state index in [1.54, 1.807) is 7.05 Å². The summed E-state index contributed by atoms with van der Waals surface area (Å²) in [6.07, 6.45) is 6.17. The quantitative estimate of drug-likeness (QED) is 0.685. The number of ether oxygens (including phenoxy) is 1. The minimum Gasteiger partial charge on any atom is -0.382 e. The summed E-state index contributed by atoms with van der Waals surface area (Å²) in [6.45, 7) is 3.65. The Hall–Kier alpha value is -0.170. The molecule has 18 heavy (non-hydrogen) atoms. The molecular weight excluding hydrogens is 252 g/mol. The van der Waals surface area contributed by atoms with Gasteiger partial charge in [0, 0.05) is 32.8 Å². The van der Waals surface area contributed by atoms with Crippen LogP contribution < -0.4 is 4.72 Å². The van der Waals surface area contributed by atoms with Gasteiger partial charge in [0.15, 0.2) is 0 Å². The molecule has 0 aromatic carbocycles. The number of nitrogens with one attached hydrogen (secondary N) is 1. The van der Waals surface area contributed by atoms with Crippen molar-refractivity contribution in [1.29, 1.82) is 0 Å². The minimum atomic E-state index is -3.32. The van der Waals surface area contributed by atoms with E-state index in [4.69, 9.17) is 4.74 Å². The monoisotopic (exact) mass is 278 g/mol. The highest BCUT2D eigenvalue weighted by molar-refractivity contribution is 7.87. The van der Waals surface area contributed by atoms with Crippen molar-refractivity contribution in [2.75, 3.05) is 26.8 Å². The van der Waals surface area contributed by atoms with Crippen LogP contribution in [0.4, 0.5) is 0 Å². The predicted molar refractivity (Wildman–Crippen MR) is 72.7 cm³/mol. The van der Waals surface area contributed by atoms with E-state index in [0.29, 0.717) is 26.2 Å². The molecule has 1 rings (SSSR count). The first-order chi connectivity index (χ1) is 8.58. The Morgan fingerprint density at radius 2 is 1.94 bits per heavy atom. The number of rotatable bonds is 8. The first-order valence-corrected chi connectivity index (χ1v) is 8.32. The smallest absolute Gasteiger partial charge is 0.279 e. The van der Waals surface area contributed by atoms with E-state index in [9.17, 15) is 8.42 Å². The van der Waals surface area contributed by atoms with E-state index in [1.807, 2.05) is 6.92 Å². The lowest BCUT2D eigenvalue weighted by atomic mass is 9.96. The average Bonchev–Trinajstić information content (AvgIpc) is 2.38. The molecule has 0 aromatic rings. The molecule has 0 spiro atoms. The van der Waals surface area contributed by atoms with Crippen molar-refractivity contribution in [3.63, 3.8) is 0 Å². The second kappa shape index (κ2) is 8.09. The van der Waals surface area contributed by atoms with Gasteiger partial charge in [0.05, 0.1) is 0 Å². The van der Waals surface area contributed by atoms with Crippen molar-refractivity contribution >= 4 is 10.2 Å². The molecule has 1 fully saturated rings. The van der Waals surface area contributed by atoms with Crippen LogP contribution in [0.15, 0.2) is 0 Å². The first kappa shape index (κ1) is 15.9. The van der Waals surface area contributed by atoms with Crippen molar-refractivity contribution in [3.8, 4) is 0 Å². The van der Waals surface area contributed by atoms with Gasteiger partial charge in [-0.15, -0.1) is 0 Å². The molecule has 1 aliphatic rings. The van der Waals surface area contributed by atoms with Crippen LogP contribution in [-0.2, 0) is 14.9 Å². The van der Waals surface area contributed by atoms with Crippen LogP contribution in [0, 0.1) is 0 Å². The third-order valence-corrected chi connectivity index (χ3v) is 5.05. The molecule has 0 amide bonds. The molecule has 0 atom stereocenters. The maximum Gasteiger partial charge on any atom is 0.279 e. The van der Waals surface area contributed by atoms with Crippen LogP contribution in [0.2, 0.25) is 0 Å². The van der Waals surface area contributed by atoms with Crippen LogP contribution in [0.5, 0.6) is 0 Å². The Kier molecular flexibility index (Phi) is 7.14. The van der Waals surface area contributed by atoms with Gasteiger partial charge in [-0.3, -0.25) is 0 Å². The van der Waals surface area contributed by atoms with E-state index in [-0.39, 0.29) is 6.04 Å². The molecule has 0 saturated heterocycles. The topological polar surface area (TPSA) is 58.6 Å². The van der Waals surface area contributed by atoms with Crippen LogP contribution in [0.3, 0.4) is 0 Å². The molecule has 0 aliphatic heterocycles. The van der Waals surface area contributed by atoms with E-state index in [2.05, 4.69) is 4.72 Å². The lowest BCUT2D eigenvalue weighted by molar-refractivity contribution is 0.145. The van der Waals surface area contributed by atoms with Crippen LogP contribution >= 0.6 is 0 Å². The summed E-state index contributed by atoms with van der Waals surface area (Å²) in [6, 6.07) is 0.170. The Morgan fingerprint density at radius 3 is 2.56 bits per heavy atom. The predicted octanol–water partition coefficient (Wildman–Crippen LogP) is 1.51. The molecule has 108 valence electrons. The number of nitrogens with zero attached hydrogens (tertiary/aromatic N) is 1. The summed E-state index contributed by atoms with van der Waals surface area (Å²) in [5.74, 6) is 0. The SMILES string of the molecule is CCOCCCNS(=O)(=O)N(C)C1CCCCC1. The highest BCUT2D eigenvalue weighted by Crippen LogP contribution is 2.22. The van der Waals surface area contributed by atoms with Gasteiger partial charge in [-0.05, 0) is 26.2 Å². The summed E-state index contributed by atoms with van der Waals surface area (Å²) >= 11 is 0. The van der Waals surface area contributed by atoms with Gasteiger partial charge in [0.1, 0.15) is 0 Å². The molecular formula is C12H26N2O3S. The summed E-state index contributed by atoms with van der Waals surface area (Å²) < 4.78 is 33.4. The van der Waals surface area contributed by atoms with E-state index in [0.717, 1.165) is 25.7 Å². The maximum atomic E-state index is 12.0. The molecule has 1 saturated carbocycles.